The second-order valence-corrected chi connectivity index (χ2v) is 8.90. The van der Waals surface area contributed by atoms with E-state index in [1.165, 1.54) is 56.9 Å². The van der Waals surface area contributed by atoms with Crippen molar-refractivity contribution in [3.05, 3.63) is 48.2 Å². The summed E-state index contributed by atoms with van der Waals surface area (Å²) in [5.41, 5.74) is 2.51. The van der Waals surface area contributed by atoms with E-state index in [0.29, 0.717) is 12.0 Å². The van der Waals surface area contributed by atoms with Crippen LogP contribution in [0.15, 0.2) is 48.2 Å². The Morgan fingerprint density at radius 1 is 1.04 bits per heavy atom. The predicted octanol–water partition coefficient (Wildman–Crippen LogP) is 7.19. The molecular formula is C25H41N. The van der Waals surface area contributed by atoms with Gasteiger partial charge in [0, 0.05) is 11.7 Å². The minimum absolute atomic E-state index is 0.571. The molecule has 1 nitrogen and oxygen atoms in total. The summed E-state index contributed by atoms with van der Waals surface area (Å²) in [5, 5.41) is 3.63. The lowest BCUT2D eigenvalue weighted by Crippen LogP contribution is -2.41. The molecule has 0 radical (unpaired) electrons. The van der Waals surface area contributed by atoms with Gasteiger partial charge in [-0.15, -0.1) is 0 Å². The molecule has 1 N–H and O–H groups in total. The van der Waals surface area contributed by atoms with E-state index in [2.05, 4.69) is 63.0 Å². The van der Waals surface area contributed by atoms with Crippen LogP contribution in [-0.2, 0) is 0 Å². The largest absolute Gasteiger partial charge is 0.383 e. The Morgan fingerprint density at radius 2 is 1.77 bits per heavy atom. The number of nitrogens with one attached hydrogen (secondary N) is 1. The van der Waals surface area contributed by atoms with Crippen LogP contribution >= 0.6 is 0 Å². The third kappa shape index (κ3) is 6.82. The Morgan fingerprint density at radius 3 is 2.46 bits per heavy atom. The van der Waals surface area contributed by atoms with E-state index in [0.717, 1.165) is 23.5 Å². The zero-order chi connectivity index (χ0) is 18.9. The molecule has 1 heteroatoms. The fourth-order valence-electron chi connectivity index (χ4n) is 4.74. The summed E-state index contributed by atoms with van der Waals surface area (Å²) >= 11 is 0. The van der Waals surface area contributed by atoms with Gasteiger partial charge in [0.05, 0.1) is 0 Å². The van der Waals surface area contributed by atoms with Crippen molar-refractivity contribution < 1.29 is 0 Å². The molecule has 146 valence electrons. The van der Waals surface area contributed by atoms with Gasteiger partial charge < -0.3 is 5.32 Å². The van der Waals surface area contributed by atoms with E-state index < -0.39 is 0 Å². The third-order valence-electron chi connectivity index (χ3n) is 6.55. The van der Waals surface area contributed by atoms with Crippen molar-refractivity contribution in [2.45, 2.75) is 85.1 Å². The topological polar surface area (TPSA) is 12.0 Å². The van der Waals surface area contributed by atoms with Gasteiger partial charge in [0.15, 0.2) is 0 Å². The average Bonchev–Trinajstić information content (AvgIpc) is 2.62. The number of allylic oxidation sites excluding steroid dienone is 6. The van der Waals surface area contributed by atoms with Crippen LogP contribution < -0.4 is 5.32 Å². The van der Waals surface area contributed by atoms with Crippen molar-refractivity contribution in [3.8, 4) is 0 Å². The van der Waals surface area contributed by atoms with Gasteiger partial charge in [0.25, 0.3) is 0 Å². The van der Waals surface area contributed by atoms with Crippen molar-refractivity contribution in [2.75, 3.05) is 0 Å². The first kappa shape index (κ1) is 21.1. The highest BCUT2D eigenvalue weighted by Crippen LogP contribution is 2.36. The van der Waals surface area contributed by atoms with E-state index in [9.17, 15) is 0 Å². The quantitative estimate of drug-likeness (QED) is 0.476. The molecule has 2 aliphatic rings. The summed E-state index contributed by atoms with van der Waals surface area (Å²) in [7, 11) is 0. The van der Waals surface area contributed by atoms with Gasteiger partial charge >= 0.3 is 0 Å². The zero-order valence-electron chi connectivity index (χ0n) is 17.6. The maximum Gasteiger partial charge on any atom is 0.0289 e. The van der Waals surface area contributed by atoms with Gasteiger partial charge in [0.1, 0.15) is 0 Å². The van der Waals surface area contributed by atoms with Crippen LogP contribution in [0.5, 0.6) is 0 Å². The highest BCUT2D eigenvalue weighted by molar-refractivity contribution is 5.17. The lowest BCUT2D eigenvalue weighted by molar-refractivity contribution is 0.163. The highest BCUT2D eigenvalue weighted by atomic mass is 14.9. The first-order valence-electron chi connectivity index (χ1n) is 10.9. The van der Waals surface area contributed by atoms with Crippen molar-refractivity contribution >= 4 is 0 Å². The second kappa shape index (κ2) is 10.8. The van der Waals surface area contributed by atoms with Crippen molar-refractivity contribution in [1.82, 2.24) is 5.32 Å². The Balaban J connectivity index is 1.82. The van der Waals surface area contributed by atoms with Crippen LogP contribution in [0, 0.1) is 23.7 Å². The molecule has 2 aliphatic carbocycles. The molecule has 0 bridgehead atoms. The molecule has 0 heterocycles. The summed E-state index contributed by atoms with van der Waals surface area (Å²) < 4.78 is 0. The van der Waals surface area contributed by atoms with Crippen molar-refractivity contribution in [1.29, 1.82) is 0 Å². The van der Waals surface area contributed by atoms with E-state index in [-0.39, 0.29) is 0 Å². The molecule has 0 aromatic carbocycles. The zero-order valence-corrected chi connectivity index (χ0v) is 17.6. The first-order chi connectivity index (χ1) is 12.5. The molecule has 0 aromatic heterocycles. The summed E-state index contributed by atoms with van der Waals surface area (Å²) in [6, 6.07) is 0.571. The summed E-state index contributed by atoms with van der Waals surface area (Å²) in [6.07, 6.45) is 22.4. The predicted molar refractivity (Wildman–Crippen MR) is 116 cm³/mol. The second-order valence-electron chi connectivity index (χ2n) is 8.90. The molecule has 0 aliphatic heterocycles. The van der Waals surface area contributed by atoms with E-state index in [1.54, 1.807) is 0 Å². The Labute approximate surface area is 162 Å². The molecule has 0 aromatic rings. The number of hydrogen-bond acceptors (Lipinski definition) is 1. The lowest BCUT2D eigenvalue weighted by atomic mass is 9.71. The number of rotatable bonds is 7. The monoisotopic (exact) mass is 355 g/mol. The Bertz CT molecular complexity index is 518. The van der Waals surface area contributed by atoms with Gasteiger partial charge in [-0.25, -0.2) is 0 Å². The van der Waals surface area contributed by atoms with Gasteiger partial charge in [-0.1, -0.05) is 69.6 Å². The van der Waals surface area contributed by atoms with Crippen LogP contribution in [-0.4, -0.2) is 6.04 Å². The van der Waals surface area contributed by atoms with E-state index in [4.69, 9.17) is 0 Å². The van der Waals surface area contributed by atoms with Crippen LogP contribution in [0.3, 0.4) is 0 Å². The van der Waals surface area contributed by atoms with Crippen molar-refractivity contribution in [2.24, 2.45) is 23.7 Å². The summed E-state index contributed by atoms with van der Waals surface area (Å²) in [5.74, 6) is 3.13. The van der Waals surface area contributed by atoms with Crippen LogP contribution in [0.25, 0.3) is 0 Å². The average molecular weight is 356 g/mol. The highest BCUT2D eigenvalue weighted by Gasteiger charge is 2.31. The molecule has 26 heavy (non-hydrogen) atoms. The van der Waals surface area contributed by atoms with Gasteiger partial charge in [-0.2, -0.15) is 0 Å². The molecule has 2 rings (SSSR count). The molecule has 4 atom stereocenters. The molecule has 0 saturated heterocycles. The lowest BCUT2D eigenvalue weighted by Gasteiger charge is -2.39. The third-order valence-corrected chi connectivity index (χ3v) is 6.55. The maximum absolute atomic E-state index is 4.12. The smallest absolute Gasteiger partial charge is 0.0289 e. The van der Waals surface area contributed by atoms with E-state index >= 15 is 0 Å². The maximum atomic E-state index is 4.12. The van der Waals surface area contributed by atoms with Gasteiger partial charge in [-0.05, 0) is 75.7 Å². The van der Waals surface area contributed by atoms with Gasteiger partial charge in [0.2, 0.25) is 0 Å². The molecule has 2 fully saturated rings. The van der Waals surface area contributed by atoms with E-state index in [1.807, 2.05) is 6.92 Å². The molecule has 4 unspecified atom stereocenters. The minimum atomic E-state index is 0.571. The van der Waals surface area contributed by atoms with Crippen molar-refractivity contribution in [3.63, 3.8) is 0 Å². The molecule has 0 spiro atoms. The first-order valence-corrected chi connectivity index (χ1v) is 10.9. The van der Waals surface area contributed by atoms with Crippen LogP contribution in [0.1, 0.15) is 79.1 Å². The molecule has 2 saturated carbocycles. The fourth-order valence-corrected chi connectivity index (χ4v) is 4.74. The SMILES string of the molecule is C=C(/C=C\C)NC1CC(C)C(C/C=C(C)/C=C/C2CCCCC2)CC1C. The number of hydrogen-bond donors (Lipinski definition) is 1. The molecular weight excluding hydrogens is 314 g/mol. The molecule has 0 amide bonds. The van der Waals surface area contributed by atoms with Gasteiger partial charge in [-0.3, -0.25) is 0 Å². The summed E-state index contributed by atoms with van der Waals surface area (Å²) in [6.45, 7) is 13.3. The normalized spacial score (nSPS) is 31.6. The fraction of sp³-hybridized carbons (Fsp3) is 0.680. The van der Waals surface area contributed by atoms with Crippen LogP contribution in [0.4, 0.5) is 0 Å². The standard InChI is InChI=1S/C25H41N/c1-6-10-22(5)26-25-18-20(3)24(17-21(25)4)16-14-19(2)13-15-23-11-8-7-9-12-23/h6,10,13-15,20-21,23-26H,5,7-9,11-12,16-18H2,1-4H3/b10-6-,15-13+,19-14+. The Kier molecular flexibility index (Phi) is 8.75. The minimum Gasteiger partial charge on any atom is -0.383 e. The Hall–Kier alpha value is -1.24. The van der Waals surface area contributed by atoms with Crippen LogP contribution in [0.2, 0.25) is 0 Å². The summed E-state index contributed by atoms with van der Waals surface area (Å²) in [4.78, 5) is 0.